The molecule has 0 aromatic heterocycles. The quantitative estimate of drug-likeness (QED) is 0.932. The highest BCUT2D eigenvalue weighted by molar-refractivity contribution is 9.10. The Morgan fingerprint density at radius 3 is 2.94 bits per heavy atom. The molecule has 0 spiro atoms. The largest absolute Gasteiger partial charge is 0.481 e. The van der Waals surface area contributed by atoms with Gasteiger partial charge in [0.15, 0.2) is 0 Å². The first-order chi connectivity index (χ1) is 8.42. The predicted molar refractivity (Wildman–Crippen MR) is 69.7 cm³/mol. The topological polar surface area (TPSA) is 40.5 Å². The van der Waals surface area contributed by atoms with Gasteiger partial charge >= 0.3 is 5.97 Å². The molecule has 0 amide bonds. The summed E-state index contributed by atoms with van der Waals surface area (Å²) in [5, 5.41) is 9.16. The number of hydrogen-bond donors (Lipinski definition) is 1. The number of benzene rings is 1. The molecule has 1 N–H and O–H groups in total. The minimum atomic E-state index is -0.761. The molecule has 1 atom stereocenters. The number of rotatable bonds is 3. The van der Waals surface area contributed by atoms with Crippen molar-refractivity contribution in [3.63, 3.8) is 0 Å². The number of hydrogen-bond acceptors (Lipinski definition) is 2. The normalized spacial score (nSPS) is 24.4. The maximum absolute atomic E-state index is 13.4. The summed E-state index contributed by atoms with van der Waals surface area (Å²) in [6, 6.07) is 4.92. The number of carbonyl (C=O) groups is 1. The molecule has 1 aliphatic rings. The van der Waals surface area contributed by atoms with Gasteiger partial charge in [-0.2, -0.15) is 0 Å². The molecule has 5 heteroatoms. The van der Waals surface area contributed by atoms with Crippen molar-refractivity contribution in [1.82, 2.24) is 4.90 Å². The Kier molecular flexibility index (Phi) is 3.73. The van der Waals surface area contributed by atoms with Crippen LogP contribution in [0.5, 0.6) is 0 Å². The van der Waals surface area contributed by atoms with E-state index in [1.807, 2.05) is 11.0 Å². The smallest absolute Gasteiger partial charge is 0.310 e. The molecule has 0 aliphatic carbocycles. The predicted octanol–water partition coefficient (Wildman–Crippen LogP) is 2.88. The van der Waals surface area contributed by atoms with Gasteiger partial charge in [-0.15, -0.1) is 0 Å². The third-order valence-corrected chi connectivity index (χ3v) is 4.38. The first kappa shape index (κ1) is 13.5. The fourth-order valence-corrected chi connectivity index (χ4v) is 2.67. The lowest BCUT2D eigenvalue weighted by atomic mass is 9.90. The summed E-state index contributed by atoms with van der Waals surface area (Å²) in [5.41, 5.74) is 0.171. The second-order valence-electron chi connectivity index (χ2n) is 5.04. The van der Waals surface area contributed by atoms with Crippen molar-refractivity contribution in [1.29, 1.82) is 0 Å². The molecule has 3 nitrogen and oxygen atoms in total. The zero-order valence-electron chi connectivity index (χ0n) is 10.1. The van der Waals surface area contributed by atoms with E-state index in [2.05, 4.69) is 15.9 Å². The highest BCUT2D eigenvalue weighted by Gasteiger charge is 2.40. The average Bonchev–Trinajstić information content (AvgIpc) is 2.68. The maximum Gasteiger partial charge on any atom is 0.310 e. The van der Waals surface area contributed by atoms with Crippen molar-refractivity contribution in [3.8, 4) is 0 Å². The van der Waals surface area contributed by atoms with E-state index in [1.165, 1.54) is 6.07 Å². The summed E-state index contributed by atoms with van der Waals surface area (Å²) in [6.45, 7) is 3.56. The number of carboxylic acids is 1. The van der Waals surface area contributed by atoms with Gasteiger partial charge in [0.1, 0.15) is 5.82 Å². The van der Waals surface area contributed by atoms with E-state index in [-0.39, 0.29) is 5.82 Å². The third kappa shape index (κ3) is 2.57. The molecule has 98 valence electrons. The summed E-state index contributed by atoms with van der Waals surface area (Å²) >= 11 is 3.23. The summed E-state index contributed by atoms with van der Waals surface area (Å²) < 4.78 is 13.8. The first-order valence-electron chi connectivity index (χ1n) is 5.81. The van der Waals surface area contributed by atoms with Gasteiger partial charge in [-0.3, -0.25) is 9.69 Å². The van der Waals surface area contributed by atoms with Crippen LogP contribution in [0.2, 0.25) is 0 Å². The molecule has 1 aliphatic heterocycles. The maximum atomic E-state index is 13.4. The Morgan fingerprint density at radius 1 is 1.61 bits per heavy atom. The van der Waals surface area contributed by atoms with E-state index < -0.39 is 11.4 Å². The van der Waals surface area contributed by atoms with Crippen molar-refractivity contribution in [2.24, 2.45) is 5.41 Å². The van der Waals surface area contributed by atoms with Crippen LogP contribution in [-0.2, 0) is 11.3 Å². The molecule has 1 fully saturated rings. The van der Waals surface area contributed by atoms with Crippen LogP contribution in [-0.4, -0.2) is 29.1 Å². The van der Waals surface area contributed by atoms with Gasteiger partial charge in [0.25, 0.3) is 0 Å². The van der Waals surface area contributed by atoms with Crippen LogP contribution in [0.15, 0.2) is 22.7 Å². The fourth-order valence-electron chi connectivity index (χ4n) is 2.28. The molecular weight excluding hydrogens is 301 g/mol. The van der Waals surface area contributed by atoms with E-state index in [1.54, 1.807) is 13.0 Å². The van der Waals surface area contributed by atoms with E-state index in [9.17, 15) is 9.18 Å². The Morgan fingerprint density at radius 2 is 2.33 bits per heavy atom. The van der Waals surface area contributed by atoms with E-state index >= 15 is 0 Å². The van der Waals surface area contributed by atoms with E-state index in [4.69, 9.17) is 5.11 Å². The molecule has 1 aromatic rings. The molecule has 1 aromatic carbocycles. The molecule has 0 saturated carbocycles. The van der Waals surface area contributed by atoms with Gasteiger partial charge < -0.3 is 5.11 Å². The van der Waals surface area contributed by atoms with Gasteiger partial charge in [-0.1, -0.05) is 12.1 Å². The zero-order valence-corrected chi connectivity index (χ0v) is 11.7. The van der Waals surface area contributed by atoms with Crippen molar-refractivity contribution in [2.45, 2.75) is 19.9 Å². The van der Waals surface area contributed by atoms with Crippen molar-refractivity contribution in [3.05, 3.63) is 34.1 Å². The number of likely N-dealkylation sites (tertiary alicyclic amines) is 1. The lowest BCUT2D eigenvalue weighted by Gasteiger charge is -2.20. The molecule has 0 bridgehead atoms. The average molecular weight is 316 g/mol. The number of carboxylic acid groups (broad SMARTS) is 1. The monoisotopic (exact) mass is 315 g/mol. The standard InChI is InChI=1S/C13H15BrFNO2/c1-13(12(17)18)5-6-16(8-13)7-9-3-2-4-10(15)11(9)14/h2-4H,5-8H2,1H3,(H,17,18). The molecular formula is C13H15BrFNO2. The van der Waals surface area contributed by atoms with E-state index in [0.29, 0.717) is 24.0 Å². The summed E-state index contributed by atoms with van der Waals surface area (Å²) in [6.07, 6.45) is 0.634. The molecule has 2 rings (SSSR count). The van der Waals surface area contributed by atoms with Gasteiger partial charge in [-0.25, -0.2) is 4.39 Å². The zero-order chi connectivity index (χ0) is 13.3. The van der Waals surface area contributed by atoms with Gasteiger partial charge in [0.2, 0.25) is 0 Å². The number of halogens is 2. The third-order valence-electron chi connectivity index (χ3n) is 3.49. The molecule has 1 saturated heterocycles. The van der Waals surface area contributed by atoms with Crippen LogP contribution in [0.1, 0.15) is 18.9 Å². The Hall–Kier alpha value is -0.940. The van der Waals surface area contributed by atoms with Gasteiger partial charge in [-0.05, 0) is 47.4 Å². The Bertz CT molecular complexity index is 480. The minimum absolute atomic E-state index is 0.285. The Balaban J connectivity index is 2.08. The summed E-state index contributed by atoms with van der Waals surface area (Å²) in [5.74, 6) is -1.05. The molecule has 1 unspecified atom stereocenters. The van der Waals surface area contributed by atoms with Crippen molar-refractivity contribution in [2.75, 3.05) is 13.1 Å². The van der Waals surface area contributed by atoms with Gasteiger partial charge in [0, 0.05) is 13.1 Å². The van der Waals surface area contributed by atoms with E-state index in [0.717, 1.165) is 12.1 Å². The van der Waals surface area contributed by atoms with Crippen LogP contribution >= 0.6 is 15.9 Å². The van der Waals surface area contributed by atoms with Crippen LogP contribution < -0.4 is 0 Å². The fraction of sp³-hybridized carbons (Fsp3) is 0.462. The Labute approximate surface area is 114 Å². The number of aliphatic carboxylic acids is 1. The molecule has 0 radical (unpaired) electrons. The SMILES string of the molecule is CC1(C(=O)O)CCN(Cc2cccc(F)c2Br)C1. The molecule has 1 heterocycles. The van der Waals surface area contributed by atoms with Crippen LogP contribution in [0.3, 0.4) is 0 Å². The highest BCUT2D eigenvalue weighted by Crippen LogP contribution is 2.32. The van der Waals surface area contributed by atoms with Gasteiger partial charge in [0.05, 0.1) is 9.89 Å². The lowest BCUT2D eigenvalue weighted by Crippen LogP contribution is -2.31. The van der Waals surface area contributed by atoms with Crippen molar-refractivity contribution < 1.29 is 14.3 Å². The summed E-state index contributed by atoms with van der Waals surface area (Å²) in [7, 11) is 0. The molecule has 18 heavy (non-hydrogen) atoms. The first-order valence-corrected chi connectivity index (χ1v) is 6.60. The lowest BCUT2D eigenvalue weighted by molar-refractivity contribution is -0.147. The van der Waals surface area contributed by atoms with Crippen LogP contribution in [0.4, 0.5) is 4.39 Å². The minimum Gasteiger partial charge on any atom is -0.481 e. The second-order valence-corrected chi connectivity index (χ2v) is 5.83. The van der Waals surface area contributed by atoms with Crippen LogP contribution in [0, 0.1) is 11.2 Å². The number of nitrogens with zero attached hydrogens (tertiary/aromatic N) is 1. The van der Waals surface area contributed by atoms with Crippen LogP contribution in [0.25, 0.3) is 0 Å². The van der Waals surface area contributed by atoms with Crippen molar-refractivity contribution >= 4 is 21.9 Å². The highest BCUT2D eigenvalue weighted by atomic mass is 79.9. The summed E-state index contributed by atoms with van der Waals surface area (Å²) in [4.78, 5) is 13.2. The second kappa shape index (κ2) is 4.97.